The minimum absolute atomic E-state index is 0.205. The summed E-state index contributed by atoms with van der Waals surface area (Å²) in [5, 5.41) is 6.65. The van der Waals surface area contributed by atoms with Crippen molar-refractivity contribution in [1.29, 1.82) is 0 Å². The molecular formula is C14H25N3O. The minimum Gasteiger partial charge on any atom is -0.351 e. The second kappa shape index (κ2) is 5.57. The summed E-state index contributed by atoms with van der Waals surface area (Å²) < 4.78 is 0. The number of hydrogen-bond acceptors (Lipinski definition) is 3. The van der Waals surface area contributed by atoms with Gasteiger partial charge < -0.3 is 10.6 Å². The summed E-state index contributed by atoms with van der Waals surface area (Å²) >= 11 is 0. The molecule has 3 unspecified atom stereocenters. The fourth-order valence-electron chi connectivity index (χ4n) is 3.79. The maximum Gasteiger partial charge on any atom is 0.224 e. The minimum atomic E-state index is 0.205. The molecule has 4 heteroatoms. The van der Waals surface area contributed by atoms with Crippen molar-refractivity contribution in [2.24, 2.45) is 5.92 Å². The van der Waals surface area contributed by atoms with Gasteiger partial charge in [0.05, 0.1) is 5.92 Å². The van der Waals surface area contributed by atoms with Gasteiger partial charge in [0.2, 0.25) is 5.91 Å². The van der Waals surface area contributed by atoms with Crippen LogP contribution in [0.4, 0.5) is 0 Å². The Morgan fingerprint density at radius 1 is 1.11 bits per heavy atom. The topological polar surface area (TPSA) is 44.4 Å². The highest BCUT2D eigenvalue weighted by atomic mass is 16.2. The number of fused-ring (bicyclic) bond motifs is 1. The molecule has 0 aromatic rings. The molecule has 4 nitrogen and oxygen atoms in total. The maximum absolute atomic E-state index is 12.3. The van der Waals surface area contributed by atoms with E-state index in [-0.39, 0.29) is 5.92 Å². The van der Waals surface area contributed by atoms with E-state index in [1.54, 1.807) is 0 Å². The molecule has 1 amide bonds. The fraction of sp³-hybridized carbons (Fsp3) is 0.929. The molecule has 2 N–H and O–H groups in total. The van der Waals surface area contributed by atoms with Crippen molar-refractivity contribution < 1.29 is 4.79 Å². The van der Waals surface area contributed by atoms with Crippen LogP contribution in [0, 0.1) is 5.92 Å². The van der Waals surface area contributed by atoms with Gasteiger partial charge >= 0.3 is 0 Å². The van der Waals surface area contributed by atoms with E-state index >= 15 is 0 Å². The standard InChI is InChI=1S/C14H25N3O/c18-14(11-4-3-7-15-10-11)16-12-6-9-17-8-2-1-5-13(12)17/h11-13,15H,1-10H2,(H,16,18). The van der Waals surface area contributed by atoms with Crippen LogP contribution >= 0.6 is 0 Å². The Hall–Kier alpha value is -0.610. The summed E-state index contributed by atoms with van der Waals surface area (Å²) in [4.78, 5) is 14.8. The van der Waals surface area contributed by atoms with Crippen LogP contribution in [0.2, 0.25) is 0 Å². The van der Waals surface area contributed by atoms with Crippen LogP contribution in [-0.2, 0) is 4.79 Å². The lowest BCUT2D eigenvalue weighted by Crippen LogP contribution is -2.50. The molecule has 3 fully saturated rings. The van der Waals surface area contributed by atoms with Gasteiger partial charge in [-0.3, -0.25) is 9.69 Å². The first kappa shape index (κ1) is 12.4. The zero-order valence-electron chi connectivity index (χ0n) is 11.2. The molecule has 0 aromatic heterocycles. The van der Waals surface area contributed by atoms with Crippen molar-refractivity contribution in [3.05, 3.63) is 0 Å². The van der Waals surface area contributed by atoms with E-state index in [0.717, 1.165) is 32.4 Å². The number of piperidine rings is 2. The number of hydrogen-bond donors (Lipinski definition) is 2. The number of carbonyl (C=O) groups excluding carboxylic acids is 1. The molecule has 0 aromatic carbocycles. The number of rotatable bonds is 2. The Kier molecular flexibility index (Phi) is 3.85. The van der Waals surface area contributed by atoms with E-state index in [9.17, 15) is 4.79 Å². The first-order valence-electron chi connectivity index (χ1n) is 7.60. The average molecular weight is 251 g/mol. The molecule has 0 radical (unpaired) electrons. The van der Waals surface area contributed by atoms with Gasteiger partial charge in [-0.05, 0) is 45.2 Å². The molecule has 3 aliphatic rings. The van der Waals surface area contributed by atoms with Gasteiger partial charge in [-0.2, -0.15) is 0 Å². The van der Waals surface area contributed by atoms with Gasteiger partial charge in [0.15, 0.2) is 0 Å². The Morgan fingerprint density at radius 2 is 2.06 bits per heavy atom. The Morgan fingerprint density at radius 3 is 2.89 bits per heavy atom. The molecule has 3 saturated heterocycles. The summed E-state index contributed by atoms with van der Waals surface area (Å²) in [5.74, 6) is 0.496. The molecule has 0 aliphatic carbocycles. The second-order valence-electron chi connectivity index (χ2n) is 6.05. The third-order valence-corrected chi connectivity index (χ3v) is 4.85. The van der Waals surface area contributed by atoms with Gasteiger partial charge in [-0.15, -0.1) is 0 Å². The molecule has 18 heavy (non-hydrogen) atoms. The predicted molar refractivity (Wildman–Crippen MR) is 71.4 cm³/mol. The van der Waals surface area contributed by atoms with Crippen LogP contribution < -0.4 is 10.6 Å². The van der Waals surface area contributed by atoms with Crippen molar-refractivity contribution in [3.63, 3.8) is 0 Å². The average Bonchev–Trinajstić information content (AvgIpc) is 2.83. The fourth-order valence-corrected chi connectivity index (χ4v) is 3.79. The van der Waals surface area contributed by atoms with Gasteiger partial charge in [0.1, 0.15) is 0 Å². The smallest absolute Gasteiger partial charge is 0.224 e. The zero-order valence-corrected chi connectivity index (χ0v) is 11.2. The molecule has 0 saturated carbocycles. The monoisotopic (exact) mass is 251 g/mol. The summed E-state index contributed by atoms with van der Waals surface area (Å²) in [5.41, 5.74) is 0. The first-order chi connectivity index (χ1) is 8.84. The molecule has 3 heterocycles. The van der Waals surface area contributed by atoms with E-state index in [1.165, 1.54) is 32.4 Å². The lowest BCUT2D eigenvalue weighted by Gasteiger charge is -2.33. The van der Waals surface area contributed by atoms with Crippen LogP contribution in [0.25, 0.3) is 0 Å². The lowest BCUT2D eigenvalue weighted by atomic mass is 9.96. The highest BCUT2D eigenvalue weighted by molar-refractivity contribution is 5.79. The molecule has 0 bridgehead atoms. The third-order valence-electron chi connectivity index (χ3n) is 4.85. The third kappa shape index (κ3) is 2.54. The Labute approximate surface area is 109 Å². The molecule has 0 spiro atoms. The van der Waals surface area contributed by atoms with Gasteiger partial charge in [-0.1, -0.05) is 6.42 Å². The van der Waals surface area contributed by atoms with E-state index in [1.807, 2.05) is 0 Å². The highest BCUT2D eigenvalue weighted by Gasteiger charge is 2.37. The Balaban J connectivity index is 1.54. The summed E-state index contributed by atoms with van der Waals surface area (Å²) in [6, 6.07) is 1.04. The normalized spacial score (nSPS) is 37.2. The van der Waals surface area contributed by atoms with Gasteiger partial charge in [0.25, 0.3) is 0 Å². The first-order valence-corrected chi connectivity index (χ1v) is 7.60. The second-order valence-corrected chi connectivity index (χ2v) is 6.05. The quantitative estimate of drug-likeness (QED) is 0.760. The van der Waals surface area contributed by atoms with E-state index < -0.39 is 0 Å². The van der Waals surface area contributed by atoms with Crippen molar-refractivity contribution in [2.75, 3.05) is 26.2 Å². The van der Waals surface area contributed by atoms with Crippen LogP contribution in [0.1, 0.15) is 38.5 Å². The van der Waals surface area contributed by atoms with Crippen molar-refractivity contribution >= 4 is 5.91 Å². The number of nitrogens with zero attached hydrogens (tertiary/aromatic N) is 1. The van der Waals surface area contributed by atoms with Crippen molar-refractivity contribution in [1.82, 2.24) is 15.5 Å². The lowest BCUT2D eigenvalue weighted by molar-refractivity contribution is -0.126. The van der Waals surface area contributed by atoms with Crippen molar-refractivity contribution in [2.45, 2.75) is 50.6 Å². The molecule has 3 aliphatic heterocycles. The maximum atomic E-state index is 12.3. The number of carbonyl (C=O) groups is 1. The SMILES string of the molecule is O=C(NC1CCN2CCCCC12)C1CCCNC1. The Bertz CT molecular complexity index is 301. The molecule has 3 atom stereocenters. The molecule has 3 rings (SSSR count). The highest BCUT2D eigenvalue weighted by Crippen LogP contribution is 2.27. The van der Waals surface area contributed by atoms with Gasteiger partial charge in [-0.25, -0.2) is 0 Å². The zero-order chi connectivity index (χ0) is 12.4. The predicted octanol–water partition coefficient (Wildman–Crippen LogP) is 0.729. The number of nitrogens with one attached hydrogen (secondary N) is 2. The summed E-state index contributed by atoms with van der Waals surface area (Å²) in [6.07, 6.45) is 7.28. The number of amides is 1. The summed E-state index contributed by atoms with van der Waals surface area (Å²) in [6.45, 7) is 4.36. The molecular weight excluding hydrogens is 226 g/mol. The molecule has 102 valence electrons. The van der Waals surface area contributed by atoms with E-state index in [0.29, 0.717) is 18.0 Å². The van der Waals surface area contributed by atoms with Crippen LogP contribution in [0.15, 0.2) is 0 Å². The van der Waals surface area contributed by atoms with Gasteiger partial charge in [0, 0.05) is 25.2 Å². The largest absolute Gasteiger partial charge is 0.351 e. The summed E-state index contributed by atoms with van der Waals surface area (Å²) in [7, 11) is 0. The van der Waals surface area contributed by atoms with Crippen LogP contribution in [0.5, 0.6) is 0 Å². The van der Waals surface area contributed by atoms with Crippen molar-refractivity contribution in [3.8, 4) is 0 Å². The van der Waals surface area contributed by atoms with Crippen LogP contribution in [-0.4, -0.2) is 49.1 Å². The van der Waals surface area contributed by atoms with E-state index in [2.05, 4.69) is 15.5 Å². The van der Waals surface area contributed by atoms with E-state index in [4.69, 9.17) is 0 Å². The van der Waals surface area contributed by atoms with Crippen LogP contribution in [0.3, 0.4) is 0 Å².